The summed E-state index contributed by atoms with van der Waals surface area (Å²) in [7, 11) is 0. The summed E-state index contributed by atoms with van der Waals surface area (Å²) in [4.78, 5) is 23.3. The zero-order chi connectivity index (χ0) is 14.4. The lowest BCUT2D eigenvalue weighted by Crippen LogP contribution is -2.05. The molecule has 5 nitrogen and oxygen atoms in total. The number of rotatable bonds is 1. The second kappa shape index (κ2) is 4.09. The van der Waals surface area contributed by atoms with Crippen LogP contribution in [0.2, 0.25) is 0 Å². The molecule has 3 aromatic rings. The molecule has 0 spiro atoms. The van der Waals surface area contributed by atoms with Crippen molar-refractivity contribution in [2.24, 2.45) is 0 Å². The Hall–Kier alpha value is -2.82. The van der Waals surface area contributed by atoms with E-state index in [1.54, 1.807) is 31.2 Å². The zero-order valence-corrected chi connectivity index (χ0v) is 10.5. The van der Waals surface area contributed by atoms with Crippen molar-refractivity contribution < 1.29 is 19.4 Å². The molecule has 2 N–H and O–H groups in total. The minimum absolute atomic E-state index is 0.111. The molecule has 0 aliphatic carbocycles. The van der Waals surface area contributed by atoms with Crippen molar-refractivity contribution in [1.82, 2.24) is 0 Å². The zero-order valence-electron chi connectivity index (χ0n) is 10.5. The normalized spacial score (nSPS) is 11.1. The molecule has 0 fully saturated rings. The standard InChI is InChI=1S/C15H10O5/c1-7-3-2-4-8-9-5-6-10(16)12(14(17)18)13(9)20-15(19)11(7)8/h2-6,16H,1H3,(H,17,18). The quantitative estimate of drug-likeness (QED) is 0.524. The second-order valence-electron chi connectivity index (χ2n) is 4.53. The predicted octanol–water partition coefficient (Wildman–Crippen LogP) is 2.66. The van der Waals surface area contributed by atoms with Gasteiger partial charge in [-0.1, -0.05) is 18.2 Å². The number of aromatic hydroxyl groups is 1. The molecule has 0 unspecified atom stereocenters. The smallest absolute Gasteiger partial charge is 0.344 e. The fraction of sp³-hybridized carbons (Fsp3) is 0.0667. The van der Waals surface area contributed by atoms with Crippen LogP contribution in [0.5, 0.6) is 5.75 Å². The van der Waals surface area contributed by atoms with Crippen LogP contribution in [0.15, 0.2) is 39.5 Å². The molecular weight excluding hydrogens is 260 g/mol. The van der Waals surface area contributed by atoms with E-state index in [1.807, 2.05) is 0 Å². The van der Waals surface area contributed by atoms with E-state index >= 15 is 0 Å². The number of hydrogen-bond acceptors (Lipinski definition) is 4. The maximum absolute atomic E-state index is 12.1. The van der Waals surface area contributed by atoms with Gasteiger partial charge in [0.2, 0.25) is 0 Å². The number of aromatic carboxylic acids is 1. The highest BCUT2D eigenvalue weighted by Crippen LogP contribution is 2.31. The number of aryl methyl sites for hydroxylation is 1. The van der Waals surface area contributed by atoms with Gasteiger partial charge in [-0.2, -0.15) is 0 Å². The first-order valence-corrected chi connectivity index (χ1v) is 5.92. The van der Waals surface area contributed by atoms with Crippen LogP contribution in [0.4, 0.5) is 0 Å². The largest absolute Gasteiger partial charge is 0.507 e. The summed E-state index contributed by atoms with van der Waals surface area (Å²) in [5, 5.41) is 20.3. The van der Waals surface area contributed by atoms with Gasteiger partial charge in [-0.15, -0.1) is 0 Å². The van der Waals surface area contributed by atoms with E-state index in [4.69, 9.17) is 9.52 Å². The summed E-state index contributed by atoms with van der Waals surface area (Å²) in [5.41, 5.74) is -0.370. The van der Waals surface area contributed by atoms with Crippen LogP contribution in [0, 0.1) is 6.92 Å². The minimum atomic E-state index is -1.34. The molecule has 2 aromatic carbocycles. The summed E-state index contributed by atoms with van der Waals surface area (Å²) in [6.07, 6.45) is 0. The van der Waals surface area contributed by atoms with Crippen molar-refractivity contribution >= 4 is 27.7 Å². The Kier molecular flexibility index (Phi) is 2.50. The van der Waals surface area contributed by atoms with Gasteiger partial charge in [-0.3, -0.25) is 0 Å². The molecule has 0 aliphatic heterocycles. The third kappa shape index (κ3) is 1.56. The van der Waals surface area contributed by atoms with Crippen LogP contribution in [-0.4, -0.2) is 16.2 Å². The number of benzene rings is 2. The van der Waals surface area contributed by atoms with Gasteiger partial charge in [0.1, 0.15) is 11.3 Å². The Morgan fingerprint density at radius 2 is 1.90 bits per heavy atom. The molecule has 100 valence electrons. The maximum Gasteiger partial charge on any atom is 0.344 e. The summed E-state index contributed by atoms with van der Waals surface area (Å²) >= 11 is 0. The lowest BCUT2D eigenvalue weighted by molar-refractivity contribution is 0.0694. The van der Waals surface area contributed by atoms with Gasteiger partial charge in [0, 0.05) is 10.8 Å². The topological polar surface area (TPSA) is 87.7 Å². The fourth-order valence-corrected chi connectivity index (χ4v) is 2.40. The summed E-state index contributed by atoms with van der Waals surface area (Å²) in [5.74, 6) is -1.77. The maximum atomic E-state index is 12.1. The number of carbonyl (C=O) groups is 1. The highest BCUT2D eigenvalue weighted by Gasteiger charge is 2.19. The summed E-state index contributed by atoms with van der Waals surface area (Å²) in [6, 6.07) is 8.12. The van der Waals surface area contributed by atoms with Crippen molar-refractivity contribution in [2.45, 2.75) is 6.92 Å². The monoisotopic (exact) mass is 270 g/mol. The molecule has 0 aliphatic rings. The molecule has 20 heavy (non-hydrogen) atoms. The van der Waals surface area contributed by atoms with E-state index in [-0.39, 0.29) is 5.58 Å². The Labute approximate surface area is 112 Å². The minimum Gasteiger partial charge on any atom is -0.507 e. The Morgan fingerprint density at radius 1 is 1.15 bits per heavy atom. The van der Waals surface area contributed by atoms with Crippen molar-refractivity contribution in [2.75, 3.05) is 0 Å². The van der Waals surface area contributed by atoms with E-state index in [2.05, 4.69) is 0 Å². The van der Waals surface area contributed by atoms with Gasteiger partial charge in [0.15, 0.2) is 5.58 Å². The van der Waals surface area contributed by atoms with Crippen molar-refractivity contribution in [3.63, 3.8) is 0 Å². The van der Waals surface area contributed by atoms with Gasteiger partial charge in [-0.05, 0) is 24.6 Å². The van der Waals surface area contributed by atoms with E-state index in [9.17, 15) is 14.7 Å². The molecular formula is C15H10O5. The number of carboxylic acids is 1. The van der Waals surface area contributed by atoms with Gasteiger partial charge in [0.25, 0.3) is 0 Å². The number of phenols is 1. The van der Waals surface area contributed by atoms with E-state index in [0.29, 0.717) is 16.2 Å². The van der Waals surface area contributed by atoms with E-state index in [0.717, 1.165) is 5.56 Å². The van der Waals surface area contributed by atoms with Crippen molar-refractivity contribution in [1.29, 1.82) is 0 Å². The highest BCUT2D eigenvalue weighted by atomic mass is 16.4. The second-order valence-corrected chi connectivity index (χ2v) is 4.53. The van der Waals surface area contributed by atoms with E-state index < -0.39 is 22.9 Å². The van der Waals surface area contributed by atoms with Gasteiger partial charge >= 0.3 is 11.6 Å². The van der Waals surface area contributed by atoms with Crippen LogP contribution in [0.1, 0.15) is 15.9 Å². The number of hydrogen-bond donors (Lipinski definition) is 2. The molecule has 0 bridgehead atoms. The van der Waals surface area contributed by atoms with E-state index in [1.165, 1.54) is 6.07 Å². The Bertz CT molecular complexity index is 921. The molecule has 3 rings (SSSR count). The number of fused-ring (bicyclic) bond motifs is 3. The van der Waals surface area contributed by atoms with Gasteiger partial charge in [0.05, 0.1) is 5.39 Å². The number of carboxylic acid groups (broad SMARTS) is 1. The molecule has 0 atom stereocenters. The molecule has 0 saturated carbocycles. The molecule has 0 saturated heterocycles. The summed E-state index contributed by atoms with van der Waals surface area (Å²) in [6.45, 7) is 1.78. The van der Waals surface area contributed by atoms with Crippen LogP contribution in [0.3, 0.4) is 0 Å². The molecule has 1 heterocycles. The van der Waals surface area contributed by atoms with Crippen molar-refractivity contribution in [3.8, 4) is 5.75 Å². The molecule has 0 radical (unpaired) electrons. The van der Waals surface area contributed by atoms with Gasteiger partial charge < -0.3 is 14.6 Å². The SMILES string of the molecule is Cc1cccc2c1c(=O)oc1c(C(=O)O)c(O)ccc12. The average molecular weight is 270 g/mol. The van der Waals surface area contributed by atoms with Crippen LogP contribution in [0.25, 0.3) is 21.7 Å². The van der Waals surface area contributed by atoms with Crippen molar-refractivity contribution in [3.05, 3.63) is 51.9 Å². The Morgan fingerprint density at radius 3 is 2.60 bits per heavy atom. The van der Waals surface area contributed by atoms with Crippen LogP contribution < -0.4 is 5.63 Å². The first-order chi connectivity index (χ1) is 9.50. The lowest BCUT2D eigenvalue weighted by atomic mass is 10.0. The third-order valence-electron chi connectivity index (χ3n) is 3.31. The van der Waals surface area contributed by atoms with Crippen LogP contribution in [-0.2, 0) is 0 Å². The van der Waals surface area contributed by atoms with Crippen LogP contribution >= 0.6 is 0 Å². The predicted molar refractivity (Wildman–Crippen MR) is 73.4 cm³/mol. The summed E-state index contributed by atoms with van der Waals surface area (Å²) < 4.78 is 5.13. The average Bonchev–Trinajstić information content (AvgIpc) is 2.37. The lowest BCUT2D eigenvalue weighted by Gasteiger charge is -2.07. The first kappa shape index (κ1) is 12.2. The molecule has 0 amide bonds. The Balaban J connectivity index is 2.66. The van der Waals surface area contributed by atoms with Gasteiger partial charge in [-0.25, -0.2) is 9.59 Å². The highest BCUT2D eigenvalue weighted by molar-refractivity contribution is 6.12. The first-order valence-electron chi connectivity index (χ1n) is 5.92. The molecule has 5 heteroatoms. The molecule has 1 aromatic heterocycles. The third-order valence-corrected chi connectivity index (χ3v) is 3.31. The fourth-order valence-electron chi connectivity index (χ4n) is 2.40.